The summed E-state index contributed by atoms with van der Waals surface area (Å²) in [7, 11) is 0. The van der Waals surface area contributed by atoms with E-state index < -0.39 is 0 Å². The Kier molecular flexibility index (Phi) is 5.73. The lowest BCUT2D eigenvalue weighted by Crippen LogP contribution is -2.28. The van der Waals surface area contributed by atoms with E-state index in [2.05, 4.69) is 24.0 Å². The van der Waals surface area contributed by atoms with Crippen molar-refractivity contribution in [2.45, 2.75) is 32.9 Å². The summed E-state index contributed by atoms with van der Waals surface area (Å²) in [6.45, 7) is 5.43. The Bertz CT molecular complexity index is 1210. The van der Waals surface area contributed by atoms with E-state index in [1.165, 1.54) is 0 Å². The molecule has 1 atom stereocenters. The maximum Gasteiger partial charge on any atom is 0.273 e. The van der Waals surface area contributed by atoms with Gasteiger partial charge < -0.3 is 14.1 Å². The first kappa shape index (κ1) is 21.1. The Labute approximate surface area is 193 Å². The van der Waals surface area contributed by atoms with E-state index in [0.717, 1.165) is 40.3 Å². The van der Waals surface area contributed by atoms with Gasteiger partial charge in [0, 0.05) is 11.1 Å². The third kappa shape index (κ3) is 4.16. The molecule has 2 aromatic carbocycles. The molecule has 5 rings (SSSR count). The van der Waals surface area contributed by atoms with Gasteiger partial charge in [-0.15, -0.1) is 0 Å². The number of ether oxygens (including phenoxy) is 1. The van der Waals surface area contributed by atoms with Gasteiger partial charge in [0.05, 0.1) is 31.2 Å². The van der Waals surface area contributed by atoms with Gasteiger partial charge in [-0.25, -0.2) is 0 Å². The fourth-order valence-electron chi connectivity index (χ4n) is 4.25. The zero-order valence-electron chi connectivity index (χ0n) is 18.8. The summed E-state index contributed by atoms with van der Waals surface area (Å²) in [5, 5.41) is 7.52. The lowest BCUT2D eigenvalue weighted by Gasteiger charge is -2.25. The van der Waals surface area contributed by atoms with Crippen LogP contribution in [0.4, 0.5) is 0 Å². The monoisotopic (exact) mass is 441 g/mol. The van der Waals surface area contributed by atoms with E-state index in [4.69, 9.17) is 9.15 Å². The first-order valence-electron chi connectivity index (χ1n) is 11.3. The van der Waals surface area contributed by atoms with Crippen molar-refractivity contribution >= 4 is 5.91 Å². The van der Waals surface area contributed by atoms with E-state index in [1.807, 2.05) is 71.6 Å². The van der Waals surface area contributed by atoms with E-state index in [-0.39, 0.29) is 11.9 Å². The number of hydrogen-bond donors (Lipinski definition) is 1. The van der Waals surface area contributed by atoms with Gasteiger partial charge in [0.15, 0.2) is 0 Å². The molecule has 1 N–H and O–H groups in total. The zero-order chi connectivity index (χ0) is 22.8. The molecular formula is C27H27N3O3. The van der Waals surface area contributed by atoms with Gasteiger partial charge in [0.1, 0.15) is 17.2 Å². The maximum absolute atomic E-state index is 13.4. The highest BCUT2D eigenvalue weighted by Crippen LogP contribution is 2.43. The number of H-pyrrole nitrogens is 1. The largest absolute Gasteiger partial charge is 0.494 e. The average Bonchev–Trinajstić information content (AvgIpc) is 3.55. The smallest absolute Gasteiger partial charge is 0.273 e. The predicted octanol–water partition coefficient (Wildman–Crippen LogP) is 5.84. The maximum atomic E-state index is 13.4. The second-order valence-corrected chi connectivity index (χ2v) is 8.74. The van der Waals surface area contributed by atoms with Crippen LogP contribution in [0.2, 0.25) is 0 Å². The van der Waals surface area contributed by atoms with Crippen LogP contribution in [0.15, 0.2) is 77.4 Å². The van der Waals surface area contributed by atoms with Crippen molar-refractivity contribution in [2.24, 2.45) is 5.92 Å². The Hall–Kier alpha value is -3.80. The van der Waals surface area contributed by atoms with Crippen molar-refractivity contribution in [1.29, 1.82) is 0 Å². The topological polar surface area (TPSA) is 71.4 Å². The van der Waals surface area contributed by atoms with Crippen LogP contribution in [-0.2, 0) is 6.54 Å². The predicted molar refractivity (Wildman–Crippen MR) is 126 cm³/mol. The number of fused-ring (bicyclic) bond motifs is 1. The Morgan fingerprint density at radius 1 is 1.06 bits per heavy atom. The number of nitrogens with zero attached hydrogens (tertiary/aromatic N) is 2. The highest BCUT2D eigenvalue weighted by molar-refractivity contribution is 6.00. The molecule has 4 aromatic rings. The van der Waals surface area contributed by atoms with E-state index in [9.17, 15) is 4.79 Å². The summed E-state index contributed by atoms with van der Waals surface area (Å²) in [5.41, 5.74) is 4.20. The van der Waals surface area contributed by atoms with Crippen LogP contribution >= 0.6 is 0 Å². The molecule has 6 heteroatoms. The summed E-state index contributed by atoms with van der Waals surface area (Å²) in [6.07, 6.45) is 2.64. The number of hydrogen-bond acceptors (Lipinski definition) is 4. The molecule has 0 aliphatic carbocycles. The molecule has 33 heavy (non-hydrogen) atoms. The van der Waals surface area contributed by atoms with Crippen molar-refractivity contribution in [2.75, 3.05) is 6.61 Å². The highest BCUT2D eigenvalue weighted by atomic mass is 16.5. The third-order valence-corrected chi connectivity index (χ3v) is 5.98. The molecule has 2 aromatic heterocycles. The Morgan fingerprint density at radius 3 is 2.55 bits per heavy atom. The summed E-state index contributed by atoms with van der Waals surface area (Å²) < 4.78 is 11.5. The van der Waals surface area contributed by atoms with Crippen molar-refractivity contribution in [1.82, 2.24) is 15.1 Å². The van der Waals surface area contributed by atoms with Crippen LogP contribution < -0.4 is 4.74 Å². The van der Waals surface area contributed by atoms with Crippen LogP contribution in [0.3, 0.4) is 0 Å². The first-order valence-corrected chi connectivity index (χ1v) is 11.3. The number of carbonyl (C=O) groups excluding carboxylic acids is 1. The first-order chi connectivity index (χ1) is 16.1. The number of rotatable bonds is 8. The van der Waals surface area contributed by atoms with Crippen LogP contribution in [0.25, 0.3) is 11.3 Å². The fourth-order valence-corrected chi connectivity index (χ4v) is 4.25. The minimum absolute atomic E-state index is 0.0849. The number of furan rings is 1. The molecule has 0 saturated carbocycles. The number of aromatic amines is 1. The minimum Gasteiger partial charge on any atom is -0.494 e. The van der Waals surface area contributed by atoms with Gasteiger partial charge in [0.2, 0.25) is 0 Å². The number of benzene rings is 2. The summed E-state index contributed by atoms with van der Waals surface area (Å²) in [6, 6.07) is 21.4. The number of amides is 1. The SMILES string of the molecule is CC(C)CCOc1ccc(C2c3c(-c4ccccc4)n[nH]c3C(=O)N2Cc2ccco2)cc1. The third-order valence-electron chi connectivity index (χ3n) is 5.98. The molecule has 3 heterocycles. The summed E-state index contributed by atoms with van der Waals surface area (Å²) >= 11 is 0. The highest BCUT2D eigenvalue weighted by Gasteiger charge is 2.42. The van der Waals surface area contributed by atoms with Crippen molar-refractivity contribution in [3.8, 4) is 17.0 Å². The molecule has 0 bridgehead atoms. The molecule has 0 radical (unpaired) electrons. The molecule has 1 amide bonds. The molecular weight excluding hydrogens is 414 g/mol. The quantitative estimate of drug-likeness (QED) is 0.373. The molecule has 0 fully saturated rings. The number of aromatic nitrogens is 2. The lowest BCUT2D eigenvalue weighted by molar-refractivity contribution is 0.0717. The van der Waals surface area contributed by atoms with Crippen molar-refractivity contribution in [3.05, 3.63) is 95.6 Å². The molecule has 1 aliphatic heterocycles. The number of nitrogens with one attached hydrogen (secondary N) is 1. The van der Waals surface area contributed by atoms with E-state index >= 15 is 0 Å². The lowest BCUT2D eigenvalue weighted by atomic mass is 9.96. The standard InChI is InChI=1S/C27H27N3O3/c1-18(2)14-16-33-21-12-10-20(11-13-21)26-23-24(19-7-4-3-5-8-19)28-29-25(23)27(31)30(26)17-22-9-6-15-32-22/h3-13,15,18,26H,14,16-17H2,1-2H3,(H,28,29). The average molecular weight is 442 g/mol. The van der Waals surface area contributed by atoms with E-state index in [1.54, 1.807) is 6.26 Å². The van der Waals surface area contributed by atoms with Crippen LogP contribution in [-0.4, -0.2) is 27.6 Å². The zero-order valence-corrected chi connectivity index (χ0v) is 18.8. The van der Waals surface area contributed by atoms with Crippen LogP contribution in [0.5, 0.6) is 5.75 Å². The molecule has 1 aliphatic rings. The van der Waals surface area contributed by atoms with Gasteiger partial charge in [-0.1, -0.05) is 56.3 Å². The van der Waals surface area contributed by atoms with E-state index in [0.29, 0.717) is 24.8 Å². The molecule has 6 nitrogen and oxygen atoms in total. The van der Waals surface area contributed by atoms with Gasteiger partial charge >= 0.3 is 0 Å². The van der Waals surface area contributed by atoms with Gasteiger partial charge in [-0.05, 0) is 42.2 Å². The van der Waals surface area contributed by atoms with Crippen LogP contribution in [0.1, 0.15) is 53.7 Å². The summed E-state index contributed by atoms with van der Waals surface area (Å²) in [4.78, 5) is 15.2. The van der Waals surface area contributed by atoms with Crippen molar-refractivity contribution in [3.63, 3.8) is 0 Å². The Balaban J connectivity index is 1.51. The van der Waals surface area contributed by atoms with Crippen LogP contribution in [0, 0.1) is 5.92 Å². The Morgan fingerprint density at radius 2 is 1.85 bits per heavy atom. The summed E-state index contributed by atoms with van der Waals surface area (Å²) in [5.74, 6) is 2.08. The minimum atomic E-state index is -0.281. The second-order valence-electron chi connectivity index (χ2n) is 8.74. The van der Waals surface area contributed by atoms with Gasteiger partial charge in [0.25, 0.3) is 5.91 Å². The van der Waals surface area contributed by atoms with Gasteiger partial charge in [-0.3, -0.25) is 9.89 Å². The molecule has 1 unspecified atom stereocenters. The second kappa shape index (κ2) is 8.98. The normalized spacial score (nSPS) is 15.3. The molecule has 0 spiro atoms. The van der Waals surface area contributed by atoms with Crippen molar-refractivity contribution < 1.29 is 13.9 Å². The molecule has 168 valence electrons. The molecule has 0 saturated heterocycles. The van der Waals surface area contributed by atoms with Gasteiger partial charge in [-0.2, -0.15) is 5.10 Å². The fraction of sp³-hybridized carbons (Fsp3) is 0.259. The number of carbonyl (C=O) groups is 1.